The van der Waals surface area contributed by atoms with E-state index in [1.807, 2.05) is 24.0 Å². The molecule has 0 radical (unpaired) electrons. The first-order valence-corrected chi connectivity index (χ1v) is 5.83. The zero-order chi connectivity index (χ0) is 11.8. The summed E-state index contributed by atoms with van der Waals surface area (Å²) in [6.45, 7) is 1.97. The lowest BCUT2D eigenvalue weighted by Crippen LogP contribution is -2.19. The third kappa shape index (κ3) is 1.86. The lowest BCUT2D eigenvalue weighted by atomic mass is 10.1. The molecule has 88 valence electrons. The first kappa shape index (κ1) is 10.2. The van der Waals surface area contributed by atoms with E-state index in [1.165, 1.54) is 16.8 Å². The van der Waals surface area contributed by atoms with Crippen LogP contribution in [-0.4, -0.2) is 16.3 Å². The molecule has 1 aromatic heterocycles. The number of hydrogen-bond donors (Lipinski definition) is 1. The van der Waals surface area contributed by atoms with Gasteiger partial charge in [0.1, 0.15) is 0 Å². The molecule has 4 heteroatoms. The van der Waals surface area contributed by atoms with Crippen LogP contribution in [0.4, 0.5) is 11.4 Å². The lowest BCUT2D eigenvalue weighted by molar-refractivity contribution is 0.765. The van der Waals surface area contributed by atoms with Gasteiger partial charge in [0.05, 0.1) is 6.20 Å². The van der Waals surface area contributed by atoms with Gasteiger partial charge in [0.25, 0.3) is 0 Å². The van der Waals surface area contributed by atoms with Crippen molar-refractivity contribution in [3.63, 3.8) is 0 Å². The molecular weight excluding hydrogens is 212 g/mol. The van der Waals surface area contributed by atoms with Gasteiger partial charge in [0, 0.05) is 43.3 Å². The number of nitrogens with zero attached hydrogens (tertiary/aromatic N) is 3. The molecule has 0 unspecified atom stereocenters. The van der Waals surface area contributed by atoms with Gasteiger partial charge in [0.2, 0.25) is 0 Å². The van der Waals surface area contributed by atoms with Crippen LogP contribution >= 0.6 is 0 Å². The van der Waals surface area contributed by atoms with Crippen LogP contribution in [0.3, 0.4) is 0 Å². The fourth-order valence-corrected chi connectivity index (χ4v) is 2.40. The average molecular weight is 228 g/mol. The normalized spacial score (nSPS) is 14.1. The molecule has 17 heavy (non-hydrogen) atoms. The predicted molar refractivity (Wildman–Crippen MR) is 68.8 cm³/mol. The molecule has 0 atom stereocenters. The zero-order valence-corrected chi connectivity index (χ0v) is 9.93. The van der Waals surface area contributed by atoms with E-state index in [2.05, 4.69) is 28.3 Å². The highest BCUT2D eigenvalue weighted by Crippen LogP contribution is 2.30. The summed E-state index contributed by atoms with van der Waals surface area (Å²) in [6.07, 6.45) is 5.09. The van der Waals surface area contributed by atoms with Crippen molar-refractivity contribution in [1.82, 2.24) is 9.78 Å². The molecule has 0 amide bonds. The van der Waals surface area contributed by atoms with Gasteiger partial charge in [-0.3, -0.25) is 4.68 Å². The summed E-state index contributed by atoms with van der Waals surface area (Å²) < 4.78 is 1.84. The van der Waals surface area contributed by atoms with Crippen molar-refractivity contribution in [3.05, 3.63) is 41.7 Å². The standard InChI is InChI=1S/C13H16N4/c1-16-8-10(7-15-16)9-17-5-4-11-2-3-12(14)6-13(11)17/h2-3,6-8H,4-5,9,14H2,1H3. The minimum Gasteiger partial charge on any atom is -0.399 e. The quantitative estimate of drug-likeness (QED) is 0.794. The van der Waals surface area contributed by atoms with Crippen LogP contribution in [0.1, 0.15) is 11.1 Å². The Bertz CT molecular complexity index is 544. The van der Waals surface area contributed by atoms with Gasteiger partial charge in [0.15, 0.2) is 0 Å². The molecule has 0 fully saturated rings. The van der Waals surface area contributed by atoms with E-state index in [-0.39, 0.29) is 0 Å². The van der Waals surface area contributed by atoms with Crippen LogP contribution in [0.15, 0.2) is 30.6 Å². The van der Waals surface area contributed by atoms with E-state index < -0.39 is 0 Å². The lowest BCUT2D eigenvalue weighted by Gasteiger charge is -2.18. The number of benzene rings is 1. The summed E-state index contributed by atoms with van der Waals surface area (Å²) in [5.41, 5.74) is 10.6. The summed E-state index contributed by atoms with van der Waals surface area (Å²) in [6, 6.07) is 6.18. The topological polar surface area (TPSA) is 47.1 Å². The first-order valence-electron chi connectivity index (χ1n) is 5.83. The van der Waals surface area contributed by atoms with Crippen LogP contribution in [0.5, 0.6) is 0 Å². The number of nitrogens with two attached hydrogens (primary N) is 1. The molecule has 0 bridgehead atoms. The molecule has 2 aromatic rings. The monoisotopic (exact) mass is 228 g/mol. The zero-order valence-electron chi connectivity index (χ0n) is 9.93. The summed E-state index contributed by atoms with van der Waals surface area (Å²) >= 11 is 0. The van der Waals surface area contributed by atoms with Gasteiger partial charge in [-0.1, -0.05) is 6.07 Å². The summed E-state index contributed by atoms with van der Waals surface area (Å²) in [5, 5.41) is 4.20. The van der Waals surface area contributed by atoms with Gasteiger partial charge >= 0.3 is 0 Å². The number of anilines is 2. The number of rotatable bonds is 2. The van der Waals surface area contributed by atoms with E-state index in [4.69, 9.17) is 5.73 Å². The molecule has 3 rings (SSSR count). The molecule has 2 heterocycles. The van der Waals surface area contributed by atoms with E-state index in [0.717, 1.165) is 25.2 Å². The van der Waals surface area contributed by atoms with Crippen molar-refractivity contribution < 1.29 is 0 Å². The second-order valence-electron chi connectivity index (χ2n) is 4.58. The van der Waals surface area contributed by atoms with Crippen LogP contribution in [0.2, 0.25) is 0 Å². The molecular formula is C13H16N4. The number of aromatic nitrogens is 2. The van der Waals surface area contributed by atoms with Crippen molar-refractivity contribution in [2.24, 2.45) is 7.05 Å². The Morgan fingerprint density at radius 2 is 2.29 bits per heavy atom. The second-order valence-corrected chi connectivity index (χ2v) is 4.58. The van der Waals surface area contributed by atoms with Gasteiger partial charge in [-0.25, -0.2) is 0 Å². The Morgan fingerprint density at radius 1 is 1.41 bits per heavy atom. The fourth-order valence-electron chi connectivity index (χ4n) is 2.40. The summed E-state index contributed by atoms with van der Waals surface area (Å²) in [7, 11) is 1.94. The Balaban J connectivity index is 1.86. The smallest absolute Gasteiger partial charge is 0.0539 e. The Kier molecular flexibility index (Phi) is 2.28. The molecule has 1 aromatic carbocycles. The third-order valence-corrected chi connectivity index (χ3v) is 3.23. The third-order valence-electron chi connectivity index (χ3n) is 3.23. The molecule has 0 saturated carbocycles. The molecule has 0 aliphatic carbocycles. The maximum absolute atomic E-state index is 5.85. The van der Waals surface area contributed by atoms with E-state index >= 15 is 0 Å². The summed E-state index contributed by atoms with van der Waals surface area (Å²) in [5.74, 6) is 0. The van der Waals surface area contributed by atoms with Gasteiger partial charge in [-0.2, -0.15) is 5.10 Å². The molecule has 1 aliphatic rings. The minimum absolute atomic E-state index is 0.835. The van der Waals surface area contributed by atoms with E-state index in [1.54, 1.807) is 0 Å². The maximum Gasteiger partial charge on any atom is 0.0539 e. The molecule has 1 aliphatic heterocycles. The molecule has 0 saturated heterocycles. The number of aryl methyl sites for hydroxylation is 1. The largest absolute Gasteiger partial charge is 0.399 e. The highest BCUT2D eigenvalue weighted by molar-refractivity contribution is 5.64. The van der Waals surface area contributed by atoms with Gasteiger partial charge in [-0.15, -0.1) is 0 Å². The number of fused-ring (bicyclic) bond motifs is 1. The van der Waals surface area contributed by atoms with Crippen molar-refractivity contribution in [2.75, 3.05) is 17.2 Å². The fraction of sp³-hybridized carbons (Fsp3) is 0.308. The van der Waals surface area contributed by atoms with E-state index in [0.29, 0.717) is 0 Å². The van der Waals surface area contributed by atoms with Gasteiger partial charge < -0.3 is 10.6 Å². The van der Waals surface area contributed by atoms with Gasteiger partial charge in [-0.05, 0) is 24.1 Å². The average Bonchev–Trinajstić information content (AvgIpc) is 2.87. The highest BCUT2D eigenvalue weighted by Gasteiger charge is 2.19. The van der Waals surface area contributed by atoms with Crippen LogP contribution < -0.4 is 10.6 Å². The van der Waals surface area contributed by atoms with E-state index in [9.17, 15) is 0 Å². The Morgan fingerprint density at radius 3 is 3.06 bits per heavy atom. The number of hydrogen-bond acceptors (Lipinski definition) is 3. The Labute approximate surface area is 101 Å². The molecule has 4 nitrogen and oxygen atoms in total. The first-order chi connectivity index (χ1) is 8.22. The minimum atomic E-state index is 0.835. The van der Waals surface area contributed by atoms with Crippen molar-refractivity contribution >= 4 is 11.4 Å². The Hall–Kier alpha value is -1.97. The van der Waals surface area contributed by atoms with Crippen molar-refractivity contribution in [3.8, 4) is 0 Å². The van der Waals surface area contributed by atoms with Crippen LogP contribution in [0, 0.1) is 0 Å². The van der Waals surface area contributed by atoms with Crippen LogP contribution in [-0.2, 0) is 20.0 Å². The summed E-state index contributed by atoms with van der Waals surface area (Å²) in [4.78, 5) is 2.36. The molecule has 2 N–H and O–H groups in total. The van der Waals surface area contributed by atoms with Crippen molar-refractivity contribution in [1.29, 1.82) is 0 Å². The highest BCUT2D eigenvalue weighted by atomic mass is 15.2. The predicted octanol–water partition coefficient (Wildman–Crippen LogP) is 1.56. The van der Waals surface area contributed by atoms with Crippen LogP contribution in [0.25, 0.3) is 0 Å². The van der Waals surface area contributed by atoms with Crippen molar-refractivity contribution in [2.45, 2.75) is 13.0 Å². The second kappa shape index (κ2) is 3.80. The SMILES string of the molecule is Cn1cc(CN2CCc3ccc(N)cc32)cn1. The molecule has 0 spiro atoms. The maximum atomic E-state index is 5.85. The number of nitrogen functional groups attached to an aromatic ring is 1.